The molecule has 64 valence electrons. The lowest BCUT2D eigenvalue weighted by Crippen LogP contribution is -1.96. The van der Waals surface area contributed by atoms with Crippen LogP contribution in [0.15, 0.2) is 23.2 Å². The van der Waals surface area contributed by atoms with Gasteiger partial charge in [-0.25, -0.2) is 0 Å². The number of anilines is 1. The van der Waals surface area contributed by atoms with Crippen LogP contribution in [-0.2, 0) is 0 Å². The van der Waals surface area contributed by atoms with Crippen LogP contribution < -0.4 is 5.32 Å². The molecule has 0 saturated heterocycles. The second kappa shape index (κ2) is 4.45. The van der Waals surface area contributed by atoms with Gasteiger partial charge in [-0.05, 0) is 53.3 Å². The molecule has 1 aromatic carbocycles. The zero-order valence-electron chi connectivity index (χ0n) is 7.13. The molecule has 0 amide bonds. The average molecular weight is 274 g/mol. The van der Waals surface area contributed by atoms with Crippen molar-refractivity contribution < 1.29 is 0 Å². The molecule has 0 heterocycles. The maximum absolute atomic E-state index is 3.86. The molecule has 0 aliphatic heterocycles. The molecule has 0 atom stereocenters. The summed E-state index contributed by atoms with van der Waals surface area (Å²) >= 11 is 2.30. The quantitative estimate of drug-likeness (QED) is 0.500. The number of nitrogens with one attached hydrogen (secondary N) is 1. The predicted octanol–water partition coefficient (Wildman–Crippen LogP) is 2.67. The van der Waals surface area contributed by atoms with E-state index in [1.54, 1.807) is 13.4 Å². The van der Waals surface area contributed by atoms with Crippen LogP contribution in [-0.4, -0.2) is 13.4 Å². The van der Waals surface area contributed by atoms with E-state index in [0.717, 1.165) is 5.69 Å². The number of nitrogens with zero attached hydrogens (tertiary/aromatic N) is 1. The Morgan fingerprint density at radius 3 is 2.83 bits per heavy atom. The molecule has 1 rings (SSSR count). The molecule has 0 bridgehead atoms. The molecular formula is C9H11IN2. The molecule has 0 aliphatic rings. The first-order chi connectivity index (χ1) is 5.74. The van der Waals surface area contributed by atoms with Gasteiger partial charge in [0.2, 0.25) is 0 Å². The van der Waals surface area contributed by atoms with Gasteiger partial charge in [-0.3, -0.25) is 4.99 Å². The van der Waals surface area contributed by atoms with Crippen molar-refractivity contribution in [2.75, 3.05) is 12.4 Å². The van der Waals surface area contributed by atoms with Gasteiger partial charge in [0.05, 0.1) is 6.34 Å². The van der Waals surface area contributed by atoms with Crippen LogP contribution in [0.4, 0.5) is 5.69 Å². The van der Waals surface area contributed by atoms with Gasteiger partial charge in [0, 0.05) is 16.3 Å². The van der Waals surface area contributed by atoms with Crippen LogP contribution in [0.1, 0.15) is 5.56 Å². The number of benzene rings is 1. The van der Waals surface area contributed by atoms with Crippen molar-refractivity contribution in [3.05, 3.63) is 27.3 Å². The average Bonchev–Trinajstić information content (AvgIpc) is 2.03. The molecule has 0 fully saturated rings. The fourth-order valence-electron chi connectivity index (χ4n) is 0.923. The molecule has 3 heteroatoms. The molecule has 0 saturated carbocycles. The normalized spacial score (nSPS) is 10.6. The Kier molecular flexibility index (Phi) is 3.52. The highest BCUT2D eigenvalue weighted by Crippen LogP contribution is 2.16. The molecule has 1 aromatic rings. The van der Waals surface area contributed by atoms with Crippen molar-refractivity contribution in [1.82, 2.24) is 0 Å². The minimum absolute atomic E-state index is 1.11. The van der Waals surface area contributed by atoms with E-state index in [4.69, 9.17) is 0 Å². The number of aryl methyl sites for hydroxylation is 1. The summed E-state index contributed by atoms with van der Waals surface area (Å²) in [4.78, 5) is 3.86. The molecular weight excluding hydrogens is 263 g/mol. The molecule has 1 N–H and O–H groups in total. The molecule has 0 radical (unpaired) electrons. The fraction of sp³-hybridized carbons (Fsp3) is 0.222. The highest BCUT2D eigenvalue weighted by molar-refractivity contribution is 14.1. The Bertz CT molecular complexity index is 295. The Hall–Kier alpha value is -0.580. The number of rotatable bonds is 2. The summed E-state index contributed by atoms with van der Waals surface area (Å²) in [5.74, 6) is 0. The lowest BCUT2D eigenvalue weighted by molar-refractivity contribution is 1.42. The second-order valence-electron chi connectivity index (χ2n) is 2.49. The van der Waals surface area contributed by atoms with Gasteiger partial charge >= 0.3 is 0 Å². The number of hydrogen-bond donors (Lipinski definition) is 1. The summed E-state index contributed by atoms with van der Waals surface area (Å²) in [5, 5.41) is 3.09. The monoisotopic (exact) mass is 274 g/mol. The molecule has 0 aromatic heterocycles. The second-order valence-corrected chi connectivity index (χ2v) is 3.74. The summed E-state index contributed by atoms with van der Waals surface area (Å²) in [6.45, 7) is 2.08. The van der Waals surface area contributed by atoms with E-state index in [2.05, 4.69) is 58.0 Å². The Labute approximate surface area is 86.2 Å². The maximum atomic E-state index is 3.86. The zero-order chi connectivity index (χ0) is 8.97. The van der Waals surface area contributed by atoms with E-state index in [1.807, 2.05) is 0 Å². The largest absolute Gasteiger partial charge is 0.347 e. The van der Waals surface area contributed by atoms with Crippen molar-refractivity contribution in [1.29, 1.82) is 0 Å². The predicted molar refractivity (Wildman–Crippen MR) is 61.9 cm³/mol. The van der Waals surface area contributed by atoms with E-state index in [0.29, 0.717) is 0 Å². The van der Waals surface area contributed by atoms with Crippen LogP contribution in [0.5, 0.6) is 0 Å². The minimum Gasteiger partial charge on any atom is -0.347 e. The standard InChI is InChI=1S/C9H11IN2/c1-7-5-8(10)3-4-9(7)12-6-11-2/h3-6H,1-2H3,(H,11,12). The van der Waals surface area contributed by atoms with Gasteiger partial charge in [0.25, 0.3) is 0 Å². The highest BCUT2D eigenvalue weighted by Gasteiger charge is 1.95. The number of halogens is 1. The van der Waals surface area contributed by atoms with Crippen molar-refractivity contribution in [3.8, 4) is 0 Å². The van der Waals surface area contributed by atoms with Crippen molar-refractivity contribution in [2.45, 2.75) is 6.92 Å². The lowest BCUT2D eigenvalue weighted by Gasteiger charge is -2.04. The van der Waals surface area contributed by atoms with Crippen molar-refractivity contribution >= 4 is 34.6 Å². The SMILES string of the molecule is CN=CNc1ccc(I)cc1C. The van der Waals surface area contributed by atoms with Crippen LogP contribution in [0, 0.1) is 10.5 Å². The van der Waals surface area contributed by atoms with Crippen LogP contribution in [0.3, 0.4) is 0 Å². The number of aliphatic imine (C=N–C) groups is 1. The van der Waals surface area contributed by atoms with Gasteiger partial charge in [-0.15, -0.1) is 0 Å². The van der Waals surface area contributed by atoms with E-state index >= 15 is 0 Å². The van der Waals surface area contributed by atoms with E-state index < -0.39 is 0 Å². The van der Waals surface area contributed by atoms with Gasteiger partial charge in [-0.1, -0.05) is 0 Å². The minimum atomic E-state index is 1.11. The van der Waals surface area contributed by atoms with Crippen molar-refractivity contribution in [2.24, 2.45) is 4.99 Å². The first-order valence-electron chi connectivity index (χ1n) is 3.67. The summed E-state index contributed by atoms with van der Waals surface area (Å²) in [6.07, 6.45) is 1.69. The molecule has 0 spiro atoms. The summed E-state index contributed by atoms with van der Waals surface area (Å²) in [5.41, 5.74) is 2.35. The summed E-state index contributed by atoms with van der Waals surface area (Å²) in [7, 11) is 1.75. The Balaban J connectivity index is 2.86. The third kappa shape index (κ3) is 2.48. The smallest absolute Gasteiger partial charge is 0.0864 e. The number of hydrogen-bond acceptors (Lipinski definition) is 1. The Morgan fingerprint density at radius 2 is 2.25 bits per heavy atom. The maximum Gasteiger partial charge on any atom is 0.0864 e. The summed E-state index contributed by atoms with van der Waals surface area (Å²) < 4.78 is 1.25. The molecule has 0 unspecified atom stereocenters. The first kappa shape index (κ1) is 9.51. The van der Waals surface area contributed by atoms with Crippen molar-refractivity contribution in [3.63, 3.8) is 0 Å². The van der Waals surface area contributed by atoms with Crippen LogP contribution >= 0.6 is 22.6 Å². The molecule has 12 heavy (non-hydrogen) atoms. The van der Waals surface area contributed by atoms with Gasteiger partial charge in [0.1, 0.15) is 0 Å². The lowest BCUT2D eigenvalue weighted by atomic mass is 10.2. The molecule has 2 nitrogen and oxygen atoms in total. The van der Waals surface area contributed by atoms with Crippen LogP contribution in [0.25, 0.3) is 0 Å². The third-order valence-electron chi connectivity index (χ3n) is 1.54. The van der Waals surface area contributed by atoms with E-state index in [1.165, 1.54) is 9.13 Å². The van der Waals surface area contributed by atoms with Gasteiger partial charge in [0.15, 0.2) is 0 Å². The van der Waals surface area contributed by atoms with E-state index in [-0.39, 0.29) is 0 Å². The molecule has 0 aliphatic carbocycles. The fourth-order valence-corrected chi connectivity index (χ4v) is 1.57. The third-order valence-corrected chi connectivity index (χ3v) is 2.21. The van der Waals surface area contributed by atoms with Gasteiger partial charge < -0.3 is 5.32 Å². The Morgan fingerprint density at radius 1 is 1.50 bits per heavy atom. The van der Waals surface area contributed by atoms with Gasteiger partial charge in [-0.2, -0.15) is 0 Å². The first-order valence-corrected chi connectivity index (χ1v) is 4.75. The van der Waals surface area contributed by atoms with Crippen LogP contribution in [0.2, 0.25) is 0 Å². The highest BCUT2D eigenvalue weighted by atomic mass is 127. The van der Waals surface area contributed by atoms with E-state index in [9.17, 15) is 0 Å². The zero-order valence-corrected chi connectivity index (χ0v) is 9.29. The summed E-state index contributed by atoms with van der Waals surface area (Å²) in [6, 6.07) is 6.25. The topological polar surface area (TPSA) is 24.4 Å².